The second kappa shape index (κ2) is 4.77. The van der Waals surface area contributed by atoms with Crippen molar-refractivity contribution in [1.82, 2.24) is 4.90 Å². The van der Waals surface area contributed by atoms with Crippen LogP contribution in [0.2, 0.25) is 0 Å². The van der Waals surface area contributed by atoms with Crippen LogP contribution in [0, 0.1) is 5.92 Å². The lowest BCUT2D eigenvalue weighted by molar-refractivity contribution is -0.0494. The van der Waals surface area contributed by atoms with Gasteiger partial charge in [-0.2, -0.15) is 8.78 Å². The van der Waals surface area contributed by atoms with Crippen molar-refractivity contribution in [2.24, 2.45) is 5.92 Å². The van der Waals surface area contributed by atoms with Gasteiger partial charge in [-0.25, -0.2) is 0 Å². The molecule has 0 radical (unpaired) electrons. The van der Waals surface area contributed by atoms with Gasteiger partial charge < -0.3 is 15.4 Å². The third-order valence-electron chi connectivity index (χ3n) is 4.65. The zero-order valence-corrected chi connectivity index (χ0v) is 11.6. The van der Waals surface area contributed by atoms with E-state index < -0.39 is 6.61 Å². The molecule has 110 valence electrons. The molecule has 0 saturated carbocycles. The van der Waals surface area contributed by atoms with E-state index in [1.54, 1.807) is 12.1 Å². The molecule has 3 aliphatic heterocycles. The number of benzene rings is 1. The van der Waals surface area contributed by atoms with E-state index in [1.807, 2.05) is 6.07 Å². The number of likely N-dealkylation sites (N-methyl/N-ethyl adjacent to an activating group) is 1. The van der Waals surface area contributed by atoms with E-state index in [0.29, 0.717) is 18.0 Å². The van der Waals surface area contributed by atoms with Crippen molar-refractivity contribution in [3.05, 3.63) is 18.2 Å². The van der Waals surface area contributed by atoms with Crippen molar-refractivity contribution in [3.8, 4) is 5.75 Å². The number of ether oxygens (including phenoxy) is 1. The van der Waals surface area contributed by atoms with E-state index in [0.717, 1.165) is 18.8 Å². The zero-order chi connectivity index (χ0) is 14.4. The monoisotopic (exact) mass is 283 g/mol. The Bertz CT molecular complexity index is 487. The highest BCUT2D eigenvalue weighted by atomic mass is 19.3. The van der Waals surface area contributed by atoms with Crippen LogP contribution in [0.15, 0.2) is 18.2 Å². The number of piperidine rings is 1. The van der Waals surface area contributed by atoms with E-state index in [4.69, 9.17) is 5.73 Å². The number of nitrogens with zero attached hydrogens (tertiary/aromatic N) is 2. The number of alkyl halides is 2. The fourth-order valence-electron chi connectivity index (χ4n) is 3.39. The normalized spacial score (nSPS) is 29.4. The fourth-order valence-corrected chi connectivity index (χ4v) is 3.39. The van der Waals surface area contributed by atoms with Crippen molar-refractivity contribution in [2.75, 3.05) is 30.8 Å². The Morgan fingerprint density at radius 3 is 2.50 bits per heavy atom. The molecule has 3 aliphatic rings. The third-order valence-corrected chi connectivity index (χ3v) is 4.65. The van der Waals surface area contributed by atoms with Gasteiger partial charge in [0.25, 0.3) is 0 Å². The number of hydrogen-bond acceptors (Lipinski definition) is 4. The molecule has 2 atom stereocenters. The molecule has 0 spiro atoms. The van der Waals surface area contributed by atoms with Gasteiger partial charge in [-0.05, 0) is 25.1 Å². The maximum Gasteiger partial charge on any atom is 0.387 e. The number of fused-ring (bicyclic) bond motifs is 2. The molecule has 3 saturated heterocycles. The molecule has 20 heavy (non-hydrogen) atoms. The van der Waals surface area contributed by atoms with Crippen molar-refractivity contribution in [1.29, 1.82) is 0 Å². The number of rotatable bonds is 3. The van der Waals surface area contributed by atoms with Crippen LogP contribution in [-0.2, 0) is 0 Å². The Hall–Kier alpha value is -1.56. The second-order valence-corrected chi connectivity index (χ2v) is 5.66. The average Bonchev–Trinajstić information content (AvgIpc) is 2.42. The van der Waals surface area contributed by atoms with Crippen molar-refractivity contribution in [2.45, 2.75) is 25.6 Å². The summed E-state index contributed by atoms with van der Waals surface area (Å²) in [5.74, 6) is 0.750. The van der Waals surface area contributed by atoms with Gasteiger partial charge in [0.05, 0.1) is 5.69 Å². The quantitative estimate of drug-likeness (QED) is 0.862. The Labute approximate surface area is 117 Å². The van der Waals surface area contributed by atoms with E-state index in [2.05, 4.69) is 28.5 Å². The molecule has 4 nitrogen and oxygen atoms in total. The van der Waals surface area contributed by atoms with Gasteiger partial charge in [0.2, 0.25) is 0 Å². The van der Waals surface area contributed by atoms with Gasteiger partial charge in [-0.1, -0.05) is 6.92 Å². The van der Waals surface area contributed by atoms with Gasteiger partial charge in [0.1, 0.15) is 0 Å². The van der Waals surface area contributed by atoms with Gasteiger partial charge in [0, 0.05) is 36.9 Å². The largest absolute Gasteiger partial charge is 0.433 e. The summed E-state index contributed by atoms with van der Waals surface area (Å²) in [4.78, 5) is 4.60. The zero-order valence-electron chi connectivity index (χ0n) is 11.6. The van der Waals surface area contributed by atoms with Gasteiger partial charge in [-0.3, -0.25) is 4.90 Å². The van der Waals surface area contributed by atoms with Crippen LogP contribution in [0.5, 0.6) is 5.75 Å². The third kappa shape index (κ3) is 2.08. The number of piperazine rings is 1. The molecular weight excluding hydrogens is 264 g/mol. The molecule has 3 heterocycles. The van der Waals surface area contributed by atoms with Crippen molar-refractivity contribution in [3.63, 3.8) is 0 Å². The minimum Gasteiger partial charge on any atom is -0.433 e. The molecule has 4 rings (SSSR count). The van der Waals surface area contributed by atoms with Crippen molar-refractivity contribution < 1.29 is 13.5 Å². The summed E-state index contributed by atoms with van der Waals surface area (Å²) >= 11 is 0. The topological polar surface area (TPSA) is 41.7 Å². The van der Waals surface area contributed by atoms with E-state index in [1.165, 1.54) is 0 Å². The van der Waals surface area contributed by atoms with E-state index >= 15 is 0 Å². The maximum absolute atomic E-state index is 12.3. The molecule has 2 bridgehead atoms. The maximum atomic E-state index is 12.3. The molecule has 0 amide bonds. The molecule has 0 aliphatic carbocycles. The highest BCUT2D eigenvalue weighted by Gasteiger charge is 2.48. The van der Waals surface area contributed by atoms with Crippen LogP contribution >= 0.6 is 0 Å². The number of hydrogen-bond donors (Lipinski definition) is 1. The first-order valence-corrected chi connectivity index (χ1v) is 6.78. The summed E-state index contributed by atoms with van der Waals surface area (Å²) in [6.07, 6.45) is 0. The Morgan fingerprint density at radius 2 is 1.95 bits per heavy atom. The average molecular weight is 283 g/mol. The second-order valence-electron chi connectivity index (χ2n) is 5.66. The predicted molar refractivity (Wildman–Crippen MR) is 74.2 cm³/mol. The summed E-state index contributed by atoms with van der Waals surface area (Å²) in [6, 6.07) is 6.16. The van der Waals surface area contributed by atoms with Gasteiger partial charge >= 0.3 is 6.61 Å². The van der Waals surface area contributed by atoms with Crippen LogP contribution in [0.1, 0.15) is 6.92 Å². The SMILES string of the molecule is CC1C2CN(c3ccc(N)c(OC(F)F)c3)CC1N2C. The number of anilines is 2. The van der Waals surface area contributed by atoms with Crippen molar-refractivity contribution >= 4 is 11.4 Å². The number of nitrogen functional groups attached to an aromatic ring is 1. The predicted octanol–water partition coefficient (Wildman–Crippen LogP) is 2.01. The lowest BCUT2D eigenvalue weighted by Crippen LogP contribution is -2.72. The molecule has 3 fully saturated rings. The first-order valence-electron chi connectivity index (χ1n) is 6.78. The summed E-state index contributed by atoms with van der Waals surface area (Å²) < 4.78 is 29.2. The molecule has 0 aromatic heterocycles. The molecule has 2 N–H and O–H groups in total. The van der Waals surface area contributed by atoms with Crippen LogP contribution in [0.25, 0.3) is 0 Å². The first-order chi connectivity index (χ1) is 9.47. The van der Waals surface area contributed by atoms with E-state index in [-0.39, 0.29) is 11.4 Å². The fraction of sp³-hybridized carbons (Fsp3) is 0.571. The molecular formula is C14H19F2N3O. The lowest BCUT2D eigenvalue weighted by Gasteiger charge is -2.60. The van der Waals surface area contributed by atoms with Crippen LogP contribution < -0.4 is 15.4 Å². The van der Waals surface area contributed by atoms with Gasteiger partial charge in [-0.15, -0.1) is 0 Å². The van der Waals surface area contributed by atoms with Crippen LogP contribution in [0.3, 0.4) is 0 Å². The van der Waals surface area contributed by atoms with E-state index in [9.17, 15) is 8.78 Å². The summed E-state index contributed by atoms with van der Waals surface area (Å²) in [5, 5.41) is 0. The minimum atomic E-state index is -2.85. The lowest BCUT2D eigenvalue weighted by atomic mass is 9.77. The highest BCUT2D eigenvalue weighted by Crippen LogP contribution is 2.39. The Morgan fingerprint density at radius 1 is 1.30 bits per heavy atom. The molecule has 1 aromatic carbocycles. The number of nitrogens with two attached hydrogens (primary N) is 1. The molecule has 6 heteroatoms. The smallest absolute Gasteiger partial charge is 0.387 e. The highest BCUT2D eigenvalue weighted by molar-refractivity contribution is 5.63. The Kier molecular flexibility index (Phi) is 3.20. The standard InChI is InChI=1S/C14H19F2N3O/c1-8-11-6-19(7-12(8)18(11)2)9-3-4-10(17)13(5-9)20-14(15)16/h3-5,8,11-12,14H,6-7,17H2,1-2H3. The van der Waals surface area contributed by atoms with Crippen LogP contribution in [-0.4, -0.2) is 43.7 Å². The first kappa shape index (κ1) is 13.4. The Balaban J connectivity index is 1.78. The molecule has 2 unspecified atom stereocenters. The molecule has 1 aromatic rings. The number of halogens is 2. The minimum absolute atomic E-state index is 0.0538. The summed E-state index contributed by atoms with van der Waals surface area (Å²) in [5.41, 5.74) is 6.79. The summed E-state index contributed by atoms with van der Waals surface area (Å²) in [6.45, 7) is 1.23. The van der Waals surface area contributed by atoms with Gasteiger partial charge in [0.15, 0.2) is 5.75 Å². The van der Waals surface area contributed by atoms with Crippen LogP contribution in [0.4, 0.5) is 20.2 Å². The summed E-state index contributed by atoms with van der Waals surface area (Å²) in [7, 11) is 2.14.